The van der Waals surface area contributed by atoms with Crippen LogP contribution in [-0.2, 0) is 6.42 Å². The van der Waals surface area contributed by atoms with E-state index in [9.17, 15) is 10.2 Å². The van der Waals surface area contributed by atoms with E-state index < -0.39 is 0 Å². The number of aliphatic hydroxyl groups is 1. The van der Waals surface area contributed by atoms with Crippen molar-refractivity contribution in [2.24, 2.45) is 5.92 Å². The summed E-state index contributed by atoms with van der Waals surface area (Å²) in [5, 5.41) is 28.5. The molecule has 4 nitrogen and oxygen atoms in total. The number of fused-ring (bicyclic) bond motifs is 3. The van der Waals surface area contributed by atoms with Gasteiger partial charge in [0.05, 0.1) is 6.61 Å². The fourth-order valence-corrected chi connectivity index (χ4v) is 3.51. The number of phenolic OH excluding ortho intramolecular Hbond substituents is 2. The van der Waals surface area contributed by atoms with Crippen LogP contribution >= 0.6 is 0 Å². The van der Waals surface area contributed by atoms with Crippen LogP contribution in [-0.4, -0.2) is 46.5 Å². The topological polar surface area (TPSA) is 63.9 Å². The molecule has 3 rings (SSSR count). The summed E-state index contributed by atoms with van der Waals surface area (Å²) in [6.07, 6.45) is 1.89. The molecule has 1 aliphatic carbocycles. The van der Waals surface area contributed by atoms with Crippen molar-refractivity contribution in [2.75, 3.05) is 26.2 Å². The second-order valence-corrected chi connectivity index (χ2v) is 5.39. The molecule has 0 bridgehead atoms. The van der Waals surface area contributed by atoms with Crippen molar-refractivity contribution in [1.82, 2.24) is 4.90 Å². The highest BCUT2D eigenvalue weighted by Crippen LogP contribution is 2.46. The Bertz CT molecular complexity index is 461. The summed E-state index contributed by atoms with van der Waals surface area (Å²) in [5.74, 6) is 1.10. The molecule has 1 aromatic carbocycles. The van der Waals surface area contributed by atoms with Gasteiger partial charge in [0.25, 0.3) is 0 Å². The Morgan fingerprint density at radius 1 is 1.22 bits per heavy atom. The van der Waals surface area contributed by atoms with Crippen LogP contribution in [0.25, 0.3) is 0 Å². The Hall–Kier alpha value is -1.26. The maximum absolute atomic E-state index is 9.93. The lowest BCUT2D eigenvalue weighted by Crippen LogP contribution is -2.24. The first kappa shape index (κ1) is 11.8. The molecule has 0 aromatic heterocycles. The molecule has 2 unspecified atom stereocenters. The predicted octanol–water partition coefficient (Wildman–Crippen LogP) is 1.05. The van der Waals surface area contributed by atoms with E-state index in [0.717, 1.165) is 38.0 Å². The van der Waals surface area contributed by atoms with Crippen LogP contribution in [0.5, 0.6) is 11.5 Å². The highest BCUT2D eigenvalue weighted by atomic mass is 16.3. The zero-order chi connectivity index (χ0) is 12.7. The molecule has 1 saturated heterocycles. The number of hydrogen-bond acceptors (Lipinski definition) is 4. The van der Waals surface area contributed by atoms with Crippen molar-refractivity contribution in [3.63, 3.8) is 0 Å². The van der Waals surface area contributed by atoms with Crippen LogP contribution in [0.2, 0.25) is 0 Å². The highest BCUT2D eigenvalue weighted by Gasteiger charge is 2.38. The van der Waals surface area contributed by atoms with Gasteiger partial charge >= 0.3 is 0 Å². The van der Waals surface area contributed by atoms with Crippen LogP contribution in [0.3, 0.4) is 0 Å². The Labute approximate surface area is 106 Å². The van der Waals surface area contributed by atoms with Gasteiger partial charge in [0.2, 0.25) is 0 Å². The zero-order valence-electron chi connectivity index (χ0n) is 10.3. The van der Waals surface area contributed by atoms with Crippen molar-refractivity contribution in [2.45, 2.75) is 18.8 Å². The van der Waals surface area contributed by atoms with Crippen LogP contribution in [0, 0.1) is 5.92 Å². The molecular formula is C14H19NO3. The third kappa shape index (κ3) is 1.76. The van der Waals surface area contributed by atoms with Crippen LogP contribution in [0.1, 0.15) is 23.5 Å². The smallest absolute Gasteiger partial charge is 0.160 e. The number of nitrogens with zero attached hydrogens (tertiary/aromatic N) is 1. The quantitative estimate of drug-likeness (QED) is 0.686. The molecule has 4 heteroatoms. The third-order valence-electron chi connectivity index (χ3n) is 4.40. The van der Waals surface area contributed by atoms with Crippen molar-refractivity contribution in [3.8, 4) is 11.5 Å². The third-order valence-corrected chi connectivity index (χ3v) is 4.40. The van der Waals surface area contributed by atoms with Crippen LogP contribution in [0.4, 0.5) is 0 Å². The monoisotopic (exact) mass is 249 g/mol. The molecule has 2 aliphatic rings. The fourth-order valence-electron chi connectivity index (χ4n) is 3.51. The summed E-state index contributed by atoms with van der Waals surface area (Å²) < 4.78 is 0. The molecule has 1 aliphatic heterocycles. The predicted molar refractivity (Wildman–Crippen MR) is 67.8 cm³/mol. The van der Waals surface area contributed by atoms with E-state index >= 15 is 0 Å². The number of aliphatic hydroxyl groups excluding tert-OH is 1. The standard InChI is InChI=1S/C14H19NO3/c16-6-5-15-7-9-1-2-11-10(12(9)8-15)3-4-13(17)14(11)18/h3-4,9,12,16-18H,1-2,5-8H2. The first-order valence-electron chi connectivity index (χ1n) is 6.57. The number of β-amino-alcohol motifs (C(OH)–C–C–N with tert-alkyl or cyclic N) is 1. The number of rotatable bonds is 2. The molecule has 2 atom stereocenters. The largest absolute Gasteiger partial charge is 0.504 e. The lowest BCUT2D eigenvalue weighted by Gasteiger charge is -2.28. The molecule has 0 spiro atoms. The van der Waals surface area contributed by atoms with Gasteiger partial charge in [0, 0.05) is 31.1 Å². The number of benzene rings is 1. The van der Waals surface area contributed by atoms with Gasteiger partial charge in [-0.2, -0.15) is 0 Å². The SMILES string of the molecule is OCCN1CC2CCc3c(ccc(O)c3O)C2C1. The fraction of sp³-hybridized carbons (Fsp3) is 0.571. The van der Waals surface area contributed by atoms with Crippen molar-refractivity contribution >= 4 is 0 Å². The molecule has 0 saturated carbocycles. The minimum absolute atomic E-state index is 0.0163. The minimum atomic E-state index is -0.0163. The Morgan fingerprint density at radius 3 is 2.83 bits per heavy atom. The molecule has 18 heavy (non-hydrogen) atoms. The van der Waals surface area contributed by atoms with Gasteiger partial charge in [-0.1, -0.05) is 6.07 Å². The van der Waals surface area contributed by atoms with E-state index in [-0.39, 0.29) is 18.1 Å². The van der Waals surface area contributed by atoms with Gasteiger partial charge in [-0.3, -0.25) is 0 Å². The first-order chi connectivity index (χ1) is 8.70. The number of phenols is 2. The first-order valence-corrected chi connectivity index (χ1v) is 6.57. The van der Waals surface area contributed by atoms with Crippen molar-refractivity contribution in [1.29, 1.82) is 0 Å². The Balaban J connectivity index is 1.92. The summed E-state index contributed by atoms with van der Waals surface area (Å²) in [6.45, 7) is 2.91. The summed E-state index contributed by atoms with van der Waals surface area (Å²) in [5.41, 5.74) is 2.10. The lowest BCUT2D eigenvalue weighted by atomic mass is 9.77. The summed E-state index contributed by atoms with van der Waals surface area (Å²) >= 11 is 0. The normalized spacial score (nSPS) is 26.9. The zero-order valence-corrected chi connectivity index (χ0v) is 10.3. The lowest BCUT2D eigenvalue weighted by molar-refractivity contribution is 0.216. The highest BCUT2D eigenvalue weighted by molar-refractivity contribution is 5.51. The second-order valence-electron chi connectivity index (χ2n) is 5.39. The van der Waals surface area contributed by atoms with E-state index in [4.69, 9.17) is 5.11 Å². The average Bonchev–Trinajstić information content (AvgIpc) is 2.77. The van der Waals surface area contributed by atoms with Crippen LogP contribution < -0.4 is 0 Å². The van der Waals surface area contributed by atoms with Gasteiger partial charge < -0.3 is 20.2 Å². The minimum Gasteiger partial charge on any atom is -0.504 e. The maximum atomic E-state index is 9.93. The molecule has 3 N–H and O–H groups in total. The molecule has 0 amide bonds. The average molecular weight is 249 g/mol. The van der Waals surface area contributed by atoms with E-state index in [1.807, 2.05) is 6.07 Å². The van der Waals surface area contributed by atoms with Crippen molar-refractivity contribution in [3.05, 3.63) is 23.3 Å². The van der Waals surface area contributed by atoms with Crippen molar-refractivity contribution < 1.29 is 15.3 Å². The van der Waals surface area contributed by atoms with Gasteiger partial charge in [0.1, 0.15) is 0 Å². The van der Waals surface area contributed by atoms with Gasteiger partial charge in [-0.25, -0.2) is 0 Å². The second kappa shape index (κ2) is 4.44. The molecule has 1 fully saturated rings. The number of likely N-dealkylation sites (tertiary alicyclic amines) is 1. The molecule has 0 radical (unpaired) electrons. The van der Waals surface area contributed by atoms with E-state index in [1.165, 1.54) is 5.56 Å². The Morgan fingerprint density at radius 2 is 2.06 bits per heavy atom. The van der Waals surface area contributed by atoms with Gasteiger partial charge in [-0.15, -0.1) is 0 Å². The number of aromatic hydroxyl groups is 2. The molecular weight excluding hydrogens is 230 g/mol. The maximum Gasteiger partial charge on any atom is 0.160 e. The molecule has 1 heterocycles. The Kier molecular flexibility index (Phi) is 2.92. The summed E-state index contributed by atoms with van der Waals surface area (Å²) in [7, 11) is 0. The molecule has 1 aromatic rings. The summed E-state index contributed by atoms with van der Waals surface area (Å²) in [6, 6.07) is 3.54. The summed E-state index contributed by atoms with van der Waals surface area (Å²) in [4.78, 5) is 2.29. The van der Waals surface area contributed by atoms with E-state index in [2.05, 4.69) is 4.90 Å². The van der Waals surface area contributed by atoms with Gasteiger partial charge in [-0.05, 0) is 30.4 Å². The van der Waals surface area contributed by atoms with Crippen LogP contribution in [0.15, 0.2) is 12.1 Å². The van der Waals surface area contributed by atoms with E-state index in [1.54, 1.807) is 6.07 Å². The van der Waals surface area contributed by atoms with E-state index in [0.29, 0.717) is 11.8 Å². The number of hydrogen-bond donors (Lipinski definition) is 3. The van der Waals surface area contributed by atoms with Gasteiger partial charge in [0.15, 0.2) is 11.5 Å². The molecule has 98 valence electrons.